The third-order valence-corrected chi connectivity index (χ3v) is 3.46. The molecule has 0 aliphatic heterocycles. The summed E-state index contributed by atoms with van der Waals surface area (Å²) in [5, 5.41) is 0. The van der Waals surface area contributed by atoms with Crippen molar-refractivity contribution < 1.29 is 0 Å². The molecule has 1 rings (SSSR count). The Morgan fingerprint density at radius 2 is 0.900 bits per heavy atom. The third kappa shape index (κ3) is 4.09. The first-order valence-corrected chi connectivity index (χ1v) is 7.01. The van der Waals surface area contributed by atoms with Crippen LogP contribution in [0.1, 0.15) is 0 Å². The van der Waals surface area contributed by atoms with Gasteiger partial charge in [0.25, 0.3) is 0 Å². The number of nitrogens with zero attached hydrogens (tertiary/aromatic N) is 4. The first-order chi connectivity index (χ1) is 9.25. The molecule has 0 heterocycles. The maximum absolute atomic E-state index is 2.31. The average molecular weight is 274 g/mol. The minimum absolute atomic E-state index is 0.292. The van der Waals surface area contributed by atoms with Crippen LogP contribution in [-0.4, -0.2) is 89.6 Å². The smallest absolute Gasteiger partial charge is 0.330 e. The summed E-state index contributed by atoms with van der Waals surface area (Å²) in [4.78, 5) is 8.94. The van der Waals surface area contributed by atoms with Gasteiger partial charge >= 0.3 is 14.0 Å². The molecule has 1 aromatic rings. The zero-order valence-corrected chi connectivity index (χ0v) is 14.3. The molecule has 0 spiro atoms. The molecule has 0 bridgehead atoms. The van der Waals surface area contributed by atoms with Crippen molar-refractivity contribution in [2.24, 2.45) is 0 Å². The SMILES string of the molecule is CN(C)B(c1cccc(B(N(C)C)N(C)C)c1)N(C)C. The lowest BCUT2D eigenvalue weighted by atomic mass is 9.59. The van der Waals surface area contributed by atoms with E-state index in [-0.39, 0.29) is 0 Å². The standard InChI is InChI=1S/C14H28B2N4/c1-17(2)15(18(3)4)13-10-9-11-14(12-13)16(19(5)6)20(7)8/h9-12H,1-8H3. The van der Waals surface area contributed by atoms with E-state index in [0.717, 1.165) is 0 Å². The number of rotatable bonds is 6. The quantitative estimate of drug-likeness (QED) is 0.637. The molecule has 0 N–H and O–H groups in total. The van der Waals surface area contributed by atoms with Crippen molar-refractivity contribution in [2.75, 3.05) is 56.4 Å². The van der Waals surface area contributed by atoms with Crippen LogP contribution in [-0.2, 0) is 0 Å². The fourth-order valence-corrected chi connectivity index (χ4v) is 3.00. The van der Waals surface area contributed by atoms with Crippen LogP contribution in [0.2, 0.25) is 0 Å². The molecule has 0 amide bonds. The summed E-state index contributed by atoms with van der Waals surface area (Å²) >= 11 is 0. The Morgan fingerprint density at radius 1 is 0.600 bits per heavy atom. The molecule has 0 saturated carbocycles. The molecular weight excluding hydrogens is 246 g/mol. The zero-order valence-electron chi connectivity index (χ0n) is 14.3. The second-order valence-corrected chi connectivity index (χ2v) is 6.27. The zero-order chi connectivity index (χ0) is 15.4. The summed E-state index contributed by atoms with van der Waals surface area (Å²) in [6.07, 6.45) is 0. The molecule has 110 valence electrons. The Labute approximate surface area is 125 Å². The Kier molecular flexibility index (Phi) is 6.27. The van der Waals surface area contributed by atoms with Crippen LogP contribution < -0.4 is 10.9 Å². The highest BCUT2D eigenvalue weighted by Crippen LogP contribution is 1.98. The summed E-state index contributed by atoms with van der Waals surface area (Å²) in [6, 6.07) is 8.88. The van der Waals surface area contributed by atoms with Crippen LogP contribution in [0.5, 0.6) is 0 Å². The van der Waals surface area contributed by atoms with E-state index in [1.165, 1.54) is 10.9 Å². The van der Waals surface area contributed by atoms with Crippen LogP contribution in [0.4, 0.5) is 0 Å². The molecule has 0 unspecified atom stereocenters. The van der Waals surface area contributed by atoms with Gasteiger partial charge in [-0.15, -0.1) is 0 Å². The van der Waals surface area contributed by atoms with E-state index in [2.05, 4.69) is 99.9 Å². The van der Waals surface area contributed by atoms with Crippen molar-refractivity contribution >= 4 is 24.9 Å². The van der Waals surface area contributed by atoms with Gasteiger partial charge in [-0.2, -0.15) is 0 Å². The van der Waals surface area contributed by atoms with Crippen LogP contribution >= 0.6 is 0 Å². The van der Waals surface area contributed by atoms with Crippen molar-refractivity contribution in [3.8, 4) is 0 Å². The first kappa shape index (κ1) is 17.2. The summed E-state index contributed by atoms with van der Waals surface area (Å²) in [6.45, 7) is 0.583. The highest BCUT2D eigenvalue weighted by Gasteiger charge is 2.27. The summed E-state index contributed by atoms with van der Waals surface area (Å²) < 4.78 is 0. The molecule has 0 fully saturated rings. The topological polar surface area (TPSA) is 13.0 Å². The van der Waals surface area contributed by atoms with E-state index < -0.39 is 0 Å². The van der Waals surface area contributed by atoms with Gasteiger partial charge in [-0.3, -0.25) is 0 Å². The summed E-state index contributed by atoms with van der Waals surface area (Å²) in [5.41, 5.74) is 2.65. The van der Waals surface area contributed by atoms with Gasteiger partial charge in [-0.1, -0.05) is 24.3 Å². The van der Waals surface area contributed by atoms with Gasteiger partial charge in [0.15, 0.2) is 0 Å². The summed E-state index contributed by atoms with van der Waals surface area (Å²) in [5.74, 6) is 0. The van der Waals surface area contributed by atoms with E-state index in [1.54, 1.807) is 0 Å². The average Bonchev–Trinajstić information content (AvgIpc) is 2.27. The molecule has 20 heavy (non-hydrogen) atoms. The molecule has 1 aromatic carbocycles. The predicted molar refractivity (Wildman–Crippen MR) is 92.0 cm³/mol. The Balaban J connectivity index is 3.17. The normalized spacial score (nSPS) is 11.8. The molecule has 0 aliphatic rings. The van der Waals surface area contributed by atoms with Gasteiger partial charge in [0.05, 0.1) is 0 Å². The van der Waals surface area contributed by atoms with Gasteiger partial charge in [0.1, 0.15) is 0 Å². The molecule has 0 aliphatic carbocycles. The first-order valence-electron chi connectivity index (χ1n) is 7.01. The lowest BCUT2D eigenvalue weighted by Gasteiger charge is -2.30. The largest absolute Gasteiger partial charge is 0.345 e. The van der Waals surface area contributed by atoms with Crippen LogP contribution in [0.25, 0.3) is 0 Å². The predicted octanol–water partition coefficient (Wildman–Crippen LogP) is -0.677. The van der Waals surface area contributed by atoms with Gasteiger partial charge in [0, 0.05) is 0 Å². The van der Waals surface area contributed by atoms with Crippen LogP contribution in [0, 0.1) is 0 Å². The van der Waals surface area contributed by atoms with Crippen molar-refractivity contribution in [3.63, 3.8) is 0 Å². The van der Waals surface area contributed by atoms with E-state index in [4.69, 9.17) is 0 Å². The number of hydrogen-bond acceptors (Lipinski definition) is 4. The van der Waals surface area contributed by atoms with Crippen molar-refractivity contribution in [2.45, 2.75) is 0 Å². The fourth-order valence-electron chi connectivity index (χ4n) is 3.00. The maximum atomic E-state index is 2.31. The Morgan fingerprint density at radius 3 is 1.15 bits per heavy atom. The Bertz CT molecular complexity index is 370. The molecule has 6 heteroatoms. The molecule has 0 aromatic heterocycles. The van der Waals surface area contributed by atoms with E-state index in [9.17, 15) is 0 Å². The highest BCUT2D eigenvalue weighted by atomic mass is 15.2. The molecule has 0 atom stereocenters. The van der Waals surface area contributed by atoms with Crippen LogP contribution in [0.3, 0.4) is 0 Å². The van der Waals surface area contributed by atoms with Gasteiger partial charge < -0.3 is 19.2 Å². The van der Waals surface area contributed by atoms with Crippen molar-refractivity contribution in [1.29, 1.82) is 0 Å². The second-order valence-electron chi connectivity index (χ2n) is 6.27. The molecule has 0 saturated heterocycles. The Hall–Kier alpha value is -0.810. The van der Waals surface area contributed by atoms with Crippen molar-refractivity contribution in [3.05, 3.63) is 24.3 Å². The van der Waals surface area contributed by atoms with Crippen LogP contribution in [0.15, 0.2) is 24.3 Å². The summed E-state index contributed by atoms with van der Waals surface area (Å²) in [7, 11) is 16.9. The second kappa shape index (κ2) is 7.27. The minimum Gasteiger partial charge on any atom is -0.330 e. The maximum Gasteiger partial charge on any atom is 0.345 e. The van der Waals surface area contributed by atoms with Gasteiger partial charge in [-0.25, -0.2) is 0 Å². The number of hydrogen-bond donors (Lipinski definition) is 0. The van der Waals surface area contributed by atoms with E-state index in [0.29, 0.717) is 14.0 Å². The minimum atomic E-state index is 0.292. The lowest BCUT2D eigenvalue weighted by Crippen LogP contribution is -2.58. The van der Waals surface area contributed by atoms with Gasteiger partial charge in [0.2, 0.25) is 0 Å². The van der Waals surface area contributed by atoms with E-state index >= 15 is 0 Å². The molecule has 4 nitrogen and oxygen atoms in total. The highest BCUT2D eigenvalue weighted by molar-refractivity contribution is 6.71. The third-order valence-electron chi connectivity index (χ3n) is 3.46. The van der Waals surface area contributed by atoms with Crippen molar-refractivity contribution in [1.82, 2.24) is 19.2 Å². The molecular formula is C14H28B2N4. The monoisotopic (exact) mass is 274 g/mol. The van der Waals surface area contributed by atoms with Gasteiger partial charge in [-0.05, 0) is 67.3 Å². The van der Waals surface area contributed by atoms with E-state index in [1.807, 2.05) is 0 Å². The fraction of sp³-hybridized carbons (Fsp3) is 0.571. The molecule has 0 radical (unpaired) electrons. The number of benzene rings is 1. The lowest BCUT2D eigenvalue weighted by molar-refractivity contribution is 0.529.